The molecule has 0 atom stereocenters. The molecule has 1 aromatic rings. The highest BCUT2D eigenvalue weighted by Gasteiger charge is 2.07. The highest BCUT2D eigenvalue weighted by Crippen LogP contribution is 2.11. The molecule has 0 spiro atoms. The van der Waals surface area contributed by atoms with E-state index in [9.17, 15) is 12.8 Å². The summed E-state index contributed by atoms with van der Waals surface area (Å²) in [5.41, 5.74) is 0.289. The van der Waals surface area contributed by atoms with Crippen molar-refractivity contribution in [3.63, 3.8) is 0 Å². The molecule has 0 radical (unpaired) electrons. The van der Waals surface area contributed by atoms with E-state index in [-0.39, 0.29) is 11.3 Å². The van der Waals surface area contributed by atoms with Crippen LogP contribution in [-0.2, 0) is 15.6 Å². The lowest BCUT2D eigenvalue weighted by Gasteiger charge is -2.00. The van der Waals surface area contributed by atoms with E-state index in [0.29, 0.717) is 5.56 Å². The van der Waals surface area contributed by atoms with Crippen molar-refractivity contribution in [2.24, 2.45) is 0 Å². The summed E-state index contributed by atoms with van der Waals surface area (Å²) in [4.78, 5) is 0. The van der Waals surface area contributed by atoms with E-state index in [1.165, 1.54) is 12.1 Å². The van der Waals surface area contributed by atoms with Crippen molar-refractivity contribution in [1.29, 1.82) is 5.26 Å². The van der Waals surface area contributed by atoms with Crippen molar-refractivity contribution in [2.75, 3.05) is 6.26 Å². The van der Waals surface area contributed by atoms with E-state index in [1.54, 1.807) is 6.07 Å². The molecule has 0 aliphatic carbocycles. The summed E-state index contributed by atoms with van der Waals surface area (Å²) in [7, 11) is -3.15. The first kappa shape index (κ1) is 10.7. The third-order valence-electron chi connectivity index (χ3n) is 1.58. The summed E-state index contributed by atoms with van der Waals surface area (Å²) in [5.74, 6) is -0.813. The minimum Gasteiger partial charge on any atom is -0.229 e. The third-order valence-corrected chi connectivity index (χ3v) is 2.44. The summed E-state index contributed by atoms with van der Waals surface area (Å²) in [6.45, 7) is 0. The van der Waals surface area contributed by atoms with E-state index in [2.05, 4.69) is 0 Å². The highest BCUT2D eigenvalue weighted by molar-refractivity contribution is 7.89. The average Bonchev–Trinajstić information content (AvgIpc) is 2.06. The van der Waals surface area contributed by atoms with E-state index >= 15 is 0 Å². The fourth-order valence-corrected chi connectivity index (χ4v) is 1.84. The minimum atomic E-state index is -3.15. The van der Waals surface area contributed by atoms with Gasteiger partial charge in [0.2, 0.25) is 0 Å². The smallest absolute Gasteiger partial charge is 0.151 e. The molecule has 0 fully saturated rings. The molecule has 3 nitrogen and oxygen atoms in total. The van der Waals surface area contributed by atoms with Crippen LogP contribution in [-0.4, -0.2) is 14.7 Å². The molecular weight excluding hydrogens is 205 g/mol. The summed E-state index contributed by atoms with van der Waals surface area (Å²) in [6, 6.07) is 5.35. The number of halogens is 1. The Bertz CT molecular complexity index is 488. The van der Waals surface area contributed by atoms with Gasteiger partial charge < -0.3 is 0 Å². The number of rotatable bonds is 2. The van der Waals surface area contributed by atoms with Crippen molar-refractivity contribution >= 4 is 9.84 Å². The fourth-order valence-electron chi connectivity index (χ4n) is 1.05. The predicted molar refractivity (Wildman–Crippen MR) is 49.7 cm³/mol. The van der Waals surface area contributed by atoms with Crippen LogP contribution in [0.4, 0.5) is 4.39 Å². The number of hydrogen-bond acceptors (Lipinski definition) is 3. The predicted octanol–water partition coefficient (Wildman–Crippen LogP) is 1.24. The quantitative estimate of drug-likeness (QED) is 0.742. The summed E-state index contributed by atoms with van der Waals surface area (Å²) in [5, 5.41) is 8.50. The highest BCUT2D eigenvalue weighted by atomic mass is 32.2. The molecule has 0 heterocycles. The number of benzene rings is 1. The average molecular weight is 213 g/mol. The molecule has 1 aromatic carbocycles. The molecule has 14 heavy (non-hydrogen) atoms. The van der Waals surface area contributed by atoms with Crippen LogP contribution in [0.25, 0.3) is 0 Å². The first-order valence-corrected chi connectivity index (χ1v) is 5.84. The lowest BCUT2D eigenvalue weighted by molar-refractivity contribution is 0.600. The van der Waals surface area contributed by atoms with Crippen molar-refractivity contribution in [3.8, 4) is 6.07 Å². The molecule has 0 unspecified atom stereocenters. The van der Waals surface area contributed by atoms with Crippen LogP contribution in [0.15, 0.2) is 18.2 Å². The topological polar surface area (TPSA) is 57.9 Å². The van der Waals surface area contributed by atoms with Crippen LogP contribution in [0.5, 0.6) is 0 Å². The molecule has 0 bridgehead atoms. The van der Waals surface area contributed by atoms with Gasteiger partial charge in [-0.15, -0.1) is 0 Å². The van der Waals surface area contributed by atoms with Crippen LogP contribution in [0.3, 0.4) is 0 Å². The Balaban J connectivity index is 3.09. The number of hydrogen-bond donors (Lipinski definition) is 0. The van der Waals surface area contributed by atoms with E-state index in [1.807, 2.05) is 0 Å². The van der Waals surface area contributed by atoms with Gasteiger partial charge in [0.15, 0.2) is 9.84 Å². The Morgan fingerprint density at radius 3 is 2.64 bits per heavy atom. The minimum absolute atomic E-state index is 0.133. The van der Waals surface area contributed by atoms with Gasteiger partial charge in [0.05, 0.1) is 11.3 Å². The van der Waals surface area contributed by atoms with Gasteiger partial charge in [0.1, 0.15) is 11.9 Å². The normalized spacial score (nSPS) is 10.9. The molecule has 0 amide bonds. The summed E-state index contributed by atoms with van der Waals surface area (Å²) < 4.78 is 34.6. The third kappa shape index (κ3) is 2.82. The Morgan fingerprint density at radius 1 is 1.50 bits per heavy atom. The van der Waals surface area contributed by atoms with Gasteiger partial charge in [0.25, 0.3) is 0 Å². The van der Waals surface area contributed by atoms with Gasteiger partial charge in [-0.05, 0) is 17.7 Å². The zero-order chi connectivity index (χ0) is 10.8. The molecule has 1 rings (SSSR count). The zero-order valence-electron chi connectivity index (χ0n) is 7.49. The first-order valence-electron chi connectivity index (χ1n) is 3.78. The fraction of sp³-hybridized carbons (Fsp3) is 0.222. The zero-order valence-corrected chi connectivity index (χ0v) is 8.31. The Labute approximate surface area is 81.7 Å². The maximum atomic E-state index is 12.8. The maximum absolute atomic E-state index is 12.8. The van der Waals surface area contributed by atoms with Gasteiger partial charge in [0, 0.05) is 6.26 Å². The molecule has 0 saturated heterocycles. The van der Waals surface area contributed by atoms with Gasteiger partial charge in [-0.1, -0.05) is 6.07 Å². The Hall–Kier alpha value is -1.41. The molecule has 0 aromatic heterocycles. The van der Waals surface area contributed by atoms with E-state index in [4.69, 9.17) is 5.26 Å². The molecule has 0 saturated carbocycles. The second-order valence-electron chi connectivity index (χ2n) is 3.00. The molecule has 0 aliphatic heterocycles. The van der Waals surface area contributed by atoms with Crippen LogP contribution in [0.1, 0.15) is 11.1 Å². The van der Waals surface area contributed by atoms with Crippen LogP contribution < -0.4 is 0 Å². The van der Waals surface area contributed by atoms with Crippen molar-refractivity contribution in [1.82, 2.24) is 0 Å². The molecular formula is C9H8FNO2S. The summed E-state index contributed by atoms with van der Waals surface area (Å²) in [6.07, 6.45) is 1.09. The lowest BCUT2D eigenvalue weighted by Crippen LogP contribution is -2.01. The van der Waals surface area contributed by atoms with E-state index in [0.717, 1.165) is 12.3 Å². The van der Waals surface area contributed by atoms with Gasteiger partial charge >= 0.3 is 0 Å². The molecule has 0 N–H and O–H groups in total. The largest absolute Gasteiger partial charge is 0.229 e. The standard InChI is InChI=1S/C9H8FNO2S/c1-14(12,13)6-7-2-3-9(10)8(4-7)5-11/h2-4H,6H2,1H3. The summed E-state index contributed by atoms with van der Waals surface area (Å²) >= 11 is 0. The second kappa shape index (κ2) is 3.76. The van der Waals surface area contributed by atoms with Gasteiger partial charge in [-0.2, -0.15) is 5.26 Å². The SMILES string of the molecule is CS(=O)(=O)Cc1ccc(F)c(C#N)c1. The van der Waals surface area contributed by atoms with Crippen molar-refractivity contribution in [2.45, 2.75) is 5.75 Å². The Morgan fingerprint density at radius 2 is 2.14 bits per heavy atom. The van der Waals surface area contributed by atoms with Crippen LogP contribution in [0.2, 0.25) is 0 Å². The van der Waals surface area contributed by atoms with Gasteiger partial charge in [-0.3, -0.25) is 0 Å². The Kier molecular flexibility index (Phi) is 2.87. The first-order chi connectivity index (χ1) is 6.42. The number of nitrogens with zero attached hydrogens (tertiary/aromatic N) is 1. The monoisotopic (exact) mass is 213 g/mol. The number of sulfone groups is 1. The lowest BCUT2D eigenvalue weighted by atomic mass is 10.1. The maximum Gasteiger partial charge on any atom is 0.151 e. The van der Waals surface area contributed by atoms with Gasteiger partial charge in [-0.25, -0.2) is 12.8 Å². The van der Waals surface area contributed by atoms with Crippen LogP contribution >= 0.6 is 0 Å². The second-order valence-corrected chi connectivity index (χ2v) is 5.14. The van der Waals surface area contributed by atoms with E-state index < -0.39 is 15.7 Å². The van der Waals surface area contributed by atoms with Crippen molar-refractivity contribution < 1.29 is 12.8 Å². The molecule has 74 valence electrons. The molecule has 0 aliphatic rings. The van der Waals surface area contributed by atoms with Crippen LogP contribution in [0, 0.1) is 17.1 Å². The molecule has 5 heteroatoms. The van der Waals surface area contributed by atoms with Crippen molar-refractivity contribution in [3.05, 3.63) is 35.1 Å². The number of nitriles is 1.